The van der Waals surface area contributed by atoms with E-state index in [1.54, 1.807) is 18.3 Å². The first-order valence-corrected chi connectivity index (χ1v) is 5.13. The minimum absolute atomic E-state index is 0. The highest BCUT2D eigenvalue weighted by Gasteiger charge is 2.29. The number of halogens is 1. The average molecular weight is 221 g/mol. The molecule has 0 saturated carbocycles. The summed E-state index contributed by atoms with van der Waals surface area (Å²) in [5, 5.41) is 0. The zero-order valence-electron chi connectivity index (χ0n) is 9.37. The minimum atomic E-state index is -0.475. The smallest absolute Gasteiger partial charge is 0.129 e. The van der Waals surface area contributed by atoms with Crippen LogP contribution >= 0.6 is 0 Å². The van der Waals surface area contributed by atoms with Crippen molar-refractivity contribution in [2.24, 2.45) is 9.98 Å². The van der Waals surface area contributed by atoms with Crippen LogP contribution in [0.15, 0.2) is 28.2 Å². The fourth-order valence-corrected chi connectivity index (χ4v) is 1.75. The summed E-state index contributed by atoms with van der Waals surface area (Å²) in [4.78, 5) is 8.39. The molecule has 1 aromatic rings. The third-order valence-electron chi connectivity index (χ3n) is 2.78. The van der Waals surface area contributed by atoms with Gasteiger partial charge in [-0.05, 0) is 26.0 Å². The van der Waals surface area contributed by atoms with E-state index < -0.39 is 5.41 Å². The first-order chi connectivity index (χ1) is 7.51. The quantitative estimate of drug-likeness (QED) is 0.727. The van der Waals surface area contributed by atoms with Gasteiger partial charge in [0.2, 0.25) is 0 Å². The van der Waals surface area contributed by atoms with Crippen molar-refractivity contribution in [1.82, 2.24) is 0 Å². The molecule has 1 aliphatic rings. The first-order valence-electron chi connectivity index (χ1n) is 5.13. The molecule has 1 atom stereocenters. The Labute approximate surface area is 95.4 Å². The Hall–Kier alpha value is -1.71. The Balaban J connectivity index is 0.00000144. The predicted octanol–water partition coefficient (Wildman–Crippen LogP) is 2.41. The molecule has 0 amide bonds. The number of hydrogen-bond acceptors (Lipinski definition) is 3. The molecule has 16 heavy (non-hydrogen) atoms. The van der Waals surface area contributed by atoms with Crippen molar-refractivity contribution in [3.8, 4) is 0 Å². The van der Waals surface area contributed by atoms with Crippen molar-refractivity contribution < 1.29 is 5.82 Å². The van der Waals surface area contributed by atoms with Crippen LogP contribution in [-0.2, 0) is 5.41 Å². The molecule has 2 N–H and O–H groups in total. The molecule has 1 aliphatic heterocycles. The molecule has 2 rings (SSSR count). The van der Waals surface area contributed by atoms with Gasteiger partial charge >= 0.3 is 0 Å². The van der Waals surface area contributed by atoms with Gasteiger partial charge in [-0.25, -0.2) is 9.38 Å². The van der Waals surface area contributed by atoms with Gasteiger partial charge in [0.1, 0.15) is 11.7 Å². The summed E-state index contributed by atoms with van der Waals surface area (Å²) in [5.74, 6) is 0.428. The first kappa shape index (κ1) is 10.8. The van der Waals surface area contributed by atoms with E-state index >= 15 is 0 Å². The summed E-state index contributed by atoms with van der Waals surface area (Å²) in [6.45, 7) is 4.26. The molecule has 0 bridgehead atoms. The fraction of sp³-hybridized carbons (Fsp3) is 0.333. The van der Waals surface area contributed by atoms with Gasteiger partial charge in [0.25, 0.3) is 0 Å². The summed E-state index contributed by atoms with van der Waals surface area (Å²) in [5.41, 5.74) is 6.06. The number of nitrogens with two attached hydrogens (primary N) is 1. The van der Waals surface area contributed by atoms with Gasteiger partial charge in [-0.2, -0.15) is 0 Å². The maximum absolute atomic E-state index is 13.8. The lowest BCUT2D eigenvalue weighted by atomic mass is 9.82. The van der Waals surface area contributed by atoms with Crippen LogP contribution in [0.5, 0.6) is 0 Å². The van der Waals surface area contributed by atoms with E-state index in [1.807, 2.05) is 13.8 Å². The van der Waals surface area contributed by atoms with Crippen molar-refractivity contribution in [1.29, 1.82) is 0 Å². The van der Waals surface area contributed by atoms with Gasteiger partial charge in [-0.3, -0.25) is 4.99 Å². The van der Waals surface area contributed by atoms with Gasteiger partial charge in [-0.15, -0.1) is 0 Å². The van der Waals surface area contributed by atoms with E-state index in [4.69, 9.17) is 5.73 Å². The SMILES string of the molecule is CC1=NCC(C)(c2ccc(N)cc2F)C=N1.[HH]. The van der Waals surface area contributed by atoms with E-state index in [9.17, 15) is 4.39 Å². The zero-order chi connectivity index (χ0) is 11.8. The lowest BCUT2D eigenvalue weighted by Gasteiger charge is -2.26. The second-order valence-electron chi connectivity index (χ2n) is 4.28. The van der Waals surface area contributed by atoms with E-state index in [-0.39, 0.29) is 7.24 Å². The maximum atomic E-state index is 13.8. The number of anilines is 1. The molecule has 1 aromatic carbocycles. The second-order valence-corrected chi connectivity index (χ2v) is 4.28. The van der Waals surface area contributed by atoms with E-state index in [2.05, 4.69) is 9.98 Å². The second kappa shape index (κ2) is 3.70. The molecule has 4 heteroatoms. The van der Waals surface area contributed by atoms with Crippen molar-refractivity contribution in [3.05, 3.63) is 29.6 Å². The number of nitrogens with zero attached hydrogens (tertiary/aromatic N) is 2. The Bertz CT molecular complexity index is 485. The van der Waals surface area contributed by atoms with Crippen molar-refractivity contribution >= 4 is 17.7 Å². The van der Waals surface area contributed by atoms with E-state index in [0.717, 1.165) is 5.84 Å². The van der Waals surface area contributed by atoms with Crippen molar-refractivity contribution in [2.45, 2.75) is 19.3 Å². The van der Waals surface area contributed by atoms with Crippen LogP contribution in [0, 0.1) is 5.82 Å². The molecule has 0 aromatic heterocycles. The monoisotopic (exact) mass is 221 g/mol. The molecule has 1 heterocycles. The topological polar surface area (TPSA) is 50.7 Å². The summed E-state index contributed by atoms with van der Waals surface area (Å²) < 4.78 is 13.8. The zero-order valence-corrected chi connectivity index (χ0v) is 9.37. The molecule has 0 fully saturated rings. The molecule has 0 radical (unpaired) electrons. The summed E-state index contributed by atoms with van der Waals surface area (Å²) in [7, 11) is 0. The third kappa shape index (κ3) is 1.83. The lowest BCUT2D eigenvalue weighted by molar-refractivity contribution is 0.559. The molecule has 0 saturated heterocycles. The van der Waals surface area contributed by atoms with Crippen LogP contribution in [-0.4, -0.2) is 18.6 Å². The third-order valence-corrected chi connectivity index (χ3v) is 2.78. The van der Waals surface area contributed by atoms with Gasteiger partial charge in [-0.1, -0.05) is 6.07 Å². The summed E-state index contributed by atoms with van der Waals surface area (Å²) in [6.07, 6.45) is 1.75. The van der Waals surface area contributed by atoms with Gasteiger partial charge < -0.3 is 5.73 Å². The highest BCUT2D eigenvalue weighted by atomic mass is 19.1. The molecular weight excluding hydrogens is 205 g/mol. The Morgan fingerprint density at radius 3 is 2.81 bits per heavy atom. The number of benzene rings is 1. The summed E-state index contributed by atoms with van der Waals surface area (Å²) in [6, 6.07) is 4.73. The van der Waals surface area contributed by atoms with Crippen molar-refractivity contribution in [3.63, 3.8) is 0 Å². The van der Waals surface area contributed by atoms with Crippen LogP contribution in [0.3, 0.4) is 0 Å². The normalized spacial score (nSPS) is 24.3. The maximum Gasteiger partial charge on any atom is 0.129 e. The molecular formula is C12H16FN3. The number of hydrogen-bond donors (Lipinski definition) is 1. The number of amidine groups is 1. The Morgan fingerprint density at radius 1 is 1.50 bits per heavy atom. The number of aliphatic imine (C=N–C) groups is 2. The van der Waals surface area contributed by atoms with Gasteiger partial charge in [0.15, 0.2) is 0 Å². The molecule has 3 nitrogen and oxygen atoms in total. The van der Waals surface area contributed by atoms with Crippen LogP contribution < -0.4 is 5.73 Å². The molecule has 86 valence electrons. The van der Waals surface area contributed by atoms with Crippen LogP contribution in [0.1, 0.15) is 20.8 Å². The Morgan fingerprint density at radius 2 is 2.25 bits per heavy atom. The molecule has 0 aliphatic carbocycles. The van der Waals surface area contributed by atoms with E-state index in [0.29, 0.717) is 17.8 Å². The standard InChI is InChI=1S/C12H14FN3.H2/c1-8-15-6-12(2,7-16-8)10-4-3-9(14)5-11(10)13;/h3-6H,7,14H2,1-2H3;1H. The summed E-state index contributed by atoms with van der Waals surface area (Å²) >= 11 is 0. The molecule has 1 unspecified atom stereocenters. The highest BCUT2D eigenvalue weighted by molar-refractivity contribution is 5.93. The van der Waals surface area contributed by atoms with Gasteiger partial charge in [0.05, 0.1) is 12.0 Å². The number of rotatable bonds is 1. The van der Waals surface area contributed by atoms with Crippen LogP contribution in [0.25, 0.3) is 0 Å². The van der Waals surface area contributed by atoms with Crippen molar-refractivity contribution in [2.75, 3.05) is 12.3 Å². The number of nitrogen functional groups attached to an aromatic ring is 1. The highest BCUT2D eigenvalue weighted by Crippen LogP contribution is 2.28. The molecule has 0 spiro atoms. The Kier molecular flexibility index (Phi) is 2.50. The lowest BCUT2D eigenvalue weighted by Crippen LogP contribution is -2.32. The van der Waals surface area contributed by atoms with E-state index in [1.165, 1.54) is 6.07 Å². The van der Waals surface area contributed by atoms with Gasteiger partial charge in [0, 0.05) is 18.9 Å². The van der Waals surface area contributed by atoms with Crippen LogP contribution in [0.4, 0.5) is 10.1 Å². The van der Waals surface area contributed by atoms with Crippen LogP contribution in [0.2, 0.25) is 0 Å². The minimum Gasteiger partial charge on any atom is -0.399 e. The predicted molar refractivity (Wildman–Crippen MR) is 66.7 cm³/mol. The largest absolute Gasteiger partial charge is 0.399 e. The average Bonchev–Trinajstić information content (AvgIpc) is 2.22. The fourth-order valence-electron chi connectivity index (χ4n) is 1.75.